The van der Waals surface area contributed by atoms with Gasteiger partial charge in [-0.05, 0) is 56.5 Å². The lowest BCUT2D eigenvalue weighted by molar-refractivity contribution is 0.0603. The predicted molar refractivity (Wildman–Crippen MR) is 95.6 cm³/mol. The maximum absolute atomic E-state index is 12.8. The van der Waals surface area contributed by atoms with Gasteiger partial charge in [0.25, 0.3) is 5.91 Å². The molecule has 3 rings (SSSR count). The van der Waals surface area contributed by atoms with E-state index in [9.17, 15) is 9.59 Å². The van der Waals surface area contributed by atoms with Crippen LogP contribution in [0.15, 0.2) is 29.0 Å². The predicted octanol–water partition coefficient (Wildman–Crippen LogP) is 4.64. The van der Waals surface area contributed by atoms with Gasteiger partial charge in [-0.15, -0.1) is 22.7 Å². The number of nitrogens with zero attached hydrogens (tertiary/aromatic N) is 1. The lowest BCUT2D eigenvalue weighted by Gasteiger charge is -2.35. The van der Waals surface area contributed by atoms with Gasteiger partial charge < -0.3 is 4.90 Å². The third kappa shape index (κ3) is 3.90. The van der Waals surface area contributed by atoms with Gasteiger partial charge in [-0.1, -0.05) is 6.07 Å². The maximum atomic E-state index is 12.8. The molecule has 0 aliphatic carbocycles. The smallest absolute Gasteiger partial charge is 0.254 e. The Labute approximate surface area is 144 Å². The van der Waals surface area contributed by atoms with E-state index < -0.39 is 0 Å². The Bertz CT molecular complexity index is 675. The van der Waals surface area contributed by atoms with Crippen LogP contribution in [0.25, 0.3) is 0 Å². The number of hydrogen-bond donors (Lipinski definition) is 0. The normalized spacial score (nSPS) is 18.1. The highest BCUT2D eigenvalue weighted by Gasteiger charge is 2.28. The molecule has 2 aromatic rings. The second kappa shape index (κ2) is 7.41. The average molecular weight is 348 g/mol. The highest BCUT2D eigenvalue weighted by atomic mass is 32.1. The molecule has 0 bridgehead atoms. The van der Waals surface area contributed by atoms with Gasteiger partial charge in [0.1, 0.15) is 0 Å². The third-order valence-electron chi connectivity index (χ3n) is 4.39. The van der Waals surface area contributed by atoms with Crippen molar-refractivity contribution in [1.29, 1.82) is 0 Å². The Hall–Kier alpha value is -1.46. The molecule has 1 fully saturated rings. The summed E-state index contributed by atoms with van der Waals surface area (Å²) in [6, 6.07) is 6.31. The van der Waals surface area contributed by atoms with E-state index in [0.29, 0.717) is 16.5 Å². The van der Waals surface area contributed by atoms with Crippen LogP contribution in [0.2, 0.25) is 0 Å². The largest absolute Gasteiger partial charge is 0.336 e. The molecule has 1 unspecified atom stereocenters. The van der Waals surface area contributed by atoms with E-state index in [2.05, 4.69) is 17.5 Å². The number of thiophene rings is 2. The topological polar surface area (TPSA) is 37.4 Å². The van der Waals surface area contributed by atoms with Crippen molar-refractivity contribution in [2.45, 2.75) is 45.1 Å². The molecule has 1 aliphatic heterocycles. The van der Waals surface area contributed by atoms with Gasteiger partial charge in [-0.25, -0.2) is 0 Å². The molecule has 1 amide bonds. The number of likely N-dealkylation sites (tertiary alicyclic amines) is 1. The number of rotatable bonds is 5. The van der Waals surface area contributed by atoms with E-state index in [4.69, 9.17) is 0 Å². The summed E-state index contributed by atoms with van der Waals surface area (Å²) in [5.41, 5.74) is 0.670. The first-order valence-electron chi connectivity index (χ1n) is 8.08. The van der Waals surface area contributed by atoms with E-state index in [1.807, 2.05) is 10.3 Å². The fraction of sp³-hybridized carbons (Fsp3) is 0.444. The lowest BCUT2D eigenvalue weighted by Crippen LogP contribution is -2.43. The molecular weight excluding hydrogens is 326 g/mol. The zero-order valence-corrected chi connectivity index (χ0v) is 14.9. The van der Waals surface area contributed by atoms with Gasteiger partial charge in [-0.2, -0.15) is 0 Å². The van der Waals surface area contributed by atoms with Crippen molar-refractivity contribution in [3.05, 3.63) is 44.3 Å². The lowest BCUT2D eigenvalue weighted by atomic mass is 9.97. The number of carbonyl (C=O) groups is 2. The first-order chi connectivity index (χ1) is 11.1. The summed E-state index contributed by atoms with van der Waals surface area (Å²) in [5, 5.41) is 3.93. The molecule has 2 aromatic heterocycles. The number of carbonyl (C=O) groups excluding carboxylic acids is 2. The highest BCUT2D eigenvalue weighted by molar-refractivity contribution is 7.12. The number of piperidine rings is 1. The number of hydrogen-bond acceptors (Lipinski definition) is 4. The monoisotopic (exact) mass is 347 g/mol. The van der Waals surface area contributed by atoms with Gasteiger partial charge >= 0.3 is 0 Å². The molecule has 3 nitrogen and oxygen atoms in total. The summed E-state index contributed by atoms with van der Waals surface area (Å²) in [7, 11) is 0. The Morgan fingerprint density at radius 2 is 2.17 bits per heavy atom. The fourth-order valence-electron chi connectivity index (χ4n) is 3.13. The van der Waals surface area contributed by atoms with E-state index in [1.165, 1.54) is 22.6 Å². The van der Waals surface area contributed by atoms with Crippen molar-refractivity contribution in [2.75, 3.05) is 6.54 Å². The van der Waals surface area contributed by atoms with Crippen LogP contribution in [0.5, 0.6) is 0 Å². The molecule has 1 atom stereocenters. The van der Waals surface area contributed by atoms with Crippen LogP contribution in [0.3, 0.4) is 0 Å². The minimum Gasteiger partial charge on any atom is -0.336 e. The molecule has 122 valence electrons. The number of aryl methyl sites for hydroxylation is 1. The molecule has 0 aromatic carbocycles. The molecule has 0 radical (unpaired) electrons. The molecule has 0 N–H and O–H groups in total. The van der Waals surface area contributed by atoms with Gasteiger partial charge in [0.05, 0.1) is 10.4 Å². The summed E-state index contributed by atoms with van der Waals surface area (Å²) >= 11 is 3.15. The van der Waals surface area contributed by atoms with Gasteiger partial charge in [0, 0.05) is 22.8 Å². The zero-order chi connectivity index (χ0) is 16.2. The van der Waals surface area contributed by atoms with E-state index >= 15 is 0 Å². The van der Waals surface area contributed by atoms with Crippen molar-refractivity contribution >= 4 is 34.4 Å². The van der Waals surface area contributed by atoms with Crippen LogP contribution in [0.1, 0.15) is 57.5 Å². The van der Waals surface area contributed by atoms with E-state index in [0.717, 1.165) is 32.2 Å². The van der Waals surface area contributed by atoms with Crippen LogP contribution in [0.4, 0.5) is 0 Å². The third-order valence-corrected chi connectivity index (χ3v) is 6.35. The summed E-state index contributed by atoms with van der Waals surface area (Å²) in [4.78, 5) is 28.4. The van der Waals surface area contributed by atoms with E-state index in [1.54, 1.807) is 24.3 Å². The summed E-state index contributed by atoms with van der Waals surface area (Å²) < 4.78 is 0. The standard InChI is InChI=1S/C18H21NO2S2/c1-13(20)17-11-14(12-23-17)18(21)19-9-3-2-5-15(19)7-8-16-6-4-10-22-16/h4,6,10-12,15H,2-3,5,7-9H2,1H3. The van der Waals surface area contributed by atoms with Crippen molar-refractivity contribution in [2.24, 2.45) is 0 Å². The Morgan fingerprint density at radius 3 is 2.87 bits per heavy atom. The average Bonchev–Trinajstić information content (AvgIpc) is 3.24. The summed E-state index contributed by atoms with van der Waals surface area (Å²) in [6.45, 7) is 2.38. The van der Waals surface area contributed by atoms with Crippen LogP contribution in [0, 0.1) is 0 Å². The van der Waals surface area contributed by atoms with Crippen molar-refractivity contribution < 1.29 is 9.59 Å². The van der Waals surface area contributed by atoms with Crippen LogP contribution in [-0.2, 0) is 6.42 Å². The number of ketones is 1. The molecule has 3 heterocycles. The number of amides is 1. The molecule has 23 heavy (non-hydrogen) atoms. The molecule has 5 heteroatoms. The first kappa shape index (κ1) is 16.4. The zero-order valence-electron chi connectivity index (χ0n) is 13.3. The first-order valence-corrected chi connectivity index (χ1v) is 9.84. The summed E-state index contributed by atoms with van der Waals surface area (Å²) in [6.07, 6.45) is 5.41. The molecule has 0 spiro atoms. The van der Waals surface area contributed by atoms with Gasteiger partial charge in [-0.3, -0.25) is 9.59 Å². The van der Waals surface area contributed by atoms with Gasteiger partial charge in [0.2, 0.25) is 0 Å². The second-order valence-electron chi connectivity index (χ2n) is 6.02. The van der Waals surface area contributed by atoms with Crippen molar-refractivity contribution in [3.63, 3.8) is 0 Å². The maximum Gasteiger partial charge on any atom is 0.254 e. The Morgan fingerprint density at radius 1 is 1.30 bits per heavy atom. The molecule has 1 saturated heterocycles. The quantitative estimate of drug-likeness (QED) is 0.739. The minimum atomic E-state index is 0.0296. The Balaban J connectivity index is 1.69. The van der Waals surface area contributed by atoms with Crippen molar-refractivity contribution in [3.8, 4) is 0 Å². The summed E-state index contributed by atoms with van der Waals surface area (Å²) in [5.74, 6) is 0.117. The SMILES string of the molecule is CC(=O)c1cc(C(=O)N2CCCCC2CCc2cccs2)cs1. The molecule has 0 saturated carbocycles. The van der Waals surface area contributed by atoms with Crippen molar-refractivity contribution in [1.82, 2.24) is 4.90 Å². The van der Waals surface area contributed by atoms with Gasteiger partial charge in [0.15, 0.2) is 5.78 Å². The fourth-order valence-corrected chi connectivity index (χ4v) is 4.64. The number of Topliss-reactive ketones (excluding diaryl/α,β-unsaturated/α-hetero) is 1. The van der Waals surface area contributed by atoms with Crippen LogP contribution < -0.4 is 0 Å². The molecular formula is C18H21NO2S2. The van der Waals surface area contributed by atoms with E-state index in [-0.39, 0.29) is 11.7 Å². The van der Waals surface area contributed by atoms with Crippen LogP contribution >= 0.6 is 22.7 Å². The minimum absolute atomic E-state index is 0.0296. The van der Waals surface area contributed by atoms with Crippen LogP contribution in [-0.4, -0.2) is 29.2 Å². The Kier molecular flexibility index (Phi) is 5.28. The highest BCUT2D eigenvalue weighted by Crippen LogP contribution is 2.26. The second-order valence-corrected chi connectivity index (χ2v) is 7.97. The molecule has 1 aliphatic rings.